The number of ether oxygens (including phenoxy) is 1. The van der Waals surface area contributed by atoms with Gasteiger partial charge in [-0.05, 0) is 64.3 Å². The molecule has 1 aromatic rings. The highest BCUT2D eigenvalue weighted by molar-refractivity contribution is 6.10. The highest BCUT2D eigenvalue weighted by Crippen LogP contribution is 2.21. The molecule has 0 spiro atoms. The Morgan fingerprint density at radius 3 is 2.46 bits per heavy atom. The van der Waals surface area contributed by atoms with E-state index in [2.05, 4.69) is 15.8 Å². The Bertz CT molecular complexity index is 767. The van der Waals surface area contributed by atoms with Crippen LogP contribution in [-0.4, -0.2) is 41.4 Å². The lowest BCUT2D eigenvalue weighted by molar-refractivity contribution is 0.0114. The molecular weight excluding hydrogens is 356 g/mol. The van der Waals surface area contributed by atoms with Crippen LogP contribution >= 0.6 is 0 Å². The molecule has 1 atom stereocenters. The molecule has 28 heavy (non-hydrogen) atoms. The lowest BCUT2D eigenvalue weighted by Crippen LogP contribution is -2.48. The number of piperidine rings is 1. The van der Waals surface area contributed by atoms with Crippen molar-refractivity contribution in [2.75, 3.05) is 23.8 Å². The monoisotopic (exact) mass is 382 g/mol. The van der Waals surface area contributed by atoms with Gasteiger partial charge in [-0.3, -0.25) is 5.43 Å². The van der Waals surface area contributed by atoms with Gasteiger partial charge in [-0.25, -0.2) is 4.79 Å². The van der Waals surface area contributed by atoms with Crippen LogP contribution in [0, 0.1) is 22.7 Å². The molecule has 0 saturated carbocycles. The zero-order chi connectivity index (χ0) is 20.6. The molecule has 0 aromatic heterocycles. The highest BCUT2D eigenvalue weighted by atomic mass is 16.6. The first-order valence-corrected chi connectivity index (χ1v) is 9.30. The van der Waals surface area contributed by atoms with E-state index in [1.807, 2.05) is 37.8 Å². The number of nitrogens with one attached hydrogen (secondary N) is 2. The van der Waals surface area contributed by atoms with Crippen LogP contribution in [0.15, 0.2) is 29.4 Å². The summed E-state index contributed by atoms with van der Waals surface area (Å²) >= 11 is 0. The number of hydrogen-bond donors (Lipinski definition) is 2. The molecule has 1 aliphatic heterocycles. The molecule has 0 radical (unpaired) electrons. The third kappa shape index (κ3) is 6.48. The molecule has 1 heterocycles. The molecule has 0 aliphatic carbocycles. The molecule has 1 unspecified atom stereocenters. The number of hydrogen-bond acceptors (Lipinski definition) is 7. The van der Waals surface area contributed by atoms with E-state index in [1.54, 1.807) is 24.3 Å². The first kappa shape index (κ1) is 21.0. The second-order valence-electron chi connectivity index (χ2n) is 7.58. The molecule has 8 heteroatoms. The number of likely N-dealkylation sites (tertiary alicyclic amines) is 1. The number of nitriles is 2. The van der Waals surface area contributed by atoms with Crippen LogP contribution in [0.5, 0.6) is 0 Å². The van der Waals surface area contributed by atoms with Gasteiger partial charge in [0.2, 0.25) is 5.71 Å². The zero-order valence-corrected chi connectivity index (χ0v) is 16.5. The van der Waals surface area contributed by atoms with Crippen LogP contribution in [-0.2, 0) is 4.74 Å². The van der Waals surface area contributed by atoms with Crippen LogP contribution in [0.4, 0.5) is 16.2 Å². The van der Waals surface area contributed by atoms with E-state index >= 15 is 0 Å². The number of carbonyl (C=O) groups is 1. The van der Waals surface area contributed by atoms with Crippen molar-refractivity contribution in [3.8, 4) is 12.1 Å². The molecule has 1 saturated heterocycles. The van der Waals surface area contributed by atoms with Gasteiger partial charge in [-0.2, -0.15) is 15.6 Å². The van der Waals surface area contributed by atoms with Gasteiger partial charge < -0.3 is 15.0 Å². The summed E-state index contributed by atoms with van der Waals surface area (Å²) in [4.78, 5) is 14.3. The lowest BCUT2D eigenvalue weighted by Gasteiger charge is -2.37. The van der Waals surface area contributed by atoms with Crippen molar-refractivity contribution in [1.29, 1.82) is 10.5 Å². The molecular formula is C20H26N6O2. The summed E-state index contributed by atoms with van der Waals surface area (Å²) in [6.45, 7) is 6.97. The molecule has 2 N–H and O–H groups in total. The Labute approximate surface area is 165 Å². The minimum absolute atomic E-state index is 0.0832. The van der Waals surface area contributed by atoms with Crippen molar-refractivity contribution < 1.29 is 9.53 Å². The predicted molar refractivity (Wildman–Crippen MR) is 108 cm³/mol. The van der Waals surface area contributed by atoms with E-state index in [0.29, 0.717) is 18.8 Å². The molecule has 1 aliphatic rings. The maximum absolute atomic E-state index is 12.5. The molecule has 1 aromatic carbocycles. The summed E-state index contributed by atoms with van der Waals surface area (Å²) in [5.74, 6) is 0. The molecule has 148 valence electrons. The van der Waals surface area contributed by atoms with E-state index in [1.165, 1.54) is 0 Å². The fraction of sp³-hybridized carbons (Fsp3) is 0.500. The van der Waals surface area contributed by atoms with Crippen molar-refractivity contribution in [2.45, 2.75) is 51.7 Å². The van der Waals surface area contributed by atoms with Crippen LogP contribution < -0.4 is 10.7 Å². The standard InChI is InChI=1S/C20H26N6O2/c1-20(2,3)28-19(27)26-11-5-4-6-18(26)14-23-15-7-9-16(10-8-15)24-25-17(12-21)13-22/h7-10,18,23-24H,4-6,11,14H2,1-3H3. The second kappa shape index (κ2) is 9.61. The van der Waals surface area contributed by atoms with Gasteiger partial charge in [-0.1, -0.05) is 0 Å². The second-order valence-corrected chi connectivity index (χ2v) is 7.58. The van der Waals surface area contributed by atoms with Crippen molar-refractivity contribution >= 4 is 23.2 Å². The third-order valence-electron chi connectivity index (χ3n) is 4.19. The maximum Gasteiger partial charge on any atom is 0.410 e. The molecule has 8 nitrogen and oxygen atoms in total. The van der Waals surface area contributed by atoms with Gasteiger partial charge in [0.25, 0.3) is 0 Å². The fourth-order valence-corrected chi connectivity index (χ4v) is 2.87. The Morgan fingerprint density at radius 1 is 1.21 bits per heavy atom. The summed E-state index contributed by atoms with van der Waals surface area (Å²) in [5, 5.41) is 24.4. The normalized spacial score (nSPS) is 16.3. The largest absolute Gasteiger partial charge is 0.444 e. The minimum Gasteiger partial charge on any atom is -0.444 e. The average molecular weight is 382 g/mol. The van der Waals surface area contributed by atoms with Crippen molar-refractivity contribution in [3.63, 3.8) is 0 Å². The van der Waals surface area contributed by atoms with E-state index in [9.17, 15) is 4.79 Å². The maximum atomic E-state index is 12.5. The average Bonchev–Trinajstić information content (AvgIpc) is 2.67. The Balaban J connectivity index is 1.93. The highest BCUT2D eigenvalue weighted by Gasteiger charge is 2.30. The Hall–Kier alpha value is -3.26. The molecule has 1 fully saturated rings. The van der Waals surface area contributed by atoms with E-state index in [4.69, 9.17) is 15.3 Å². The van der Waals surface area contributed by atoms with Gasteiger partial charge in [0.1, 0.15) is 17.7 Å². The number of nitrogens with zero attached hydrogens (tertiary/aromatic N) is 4. The molecule has 0 bridgehead atoms. The SMILES string of the molecule is CC(C)(C)OC(=O)N1CCCCC1CNc1ccc(NN=C(C#N)C#N)cc1. The number of benzene rings is 1. The number of amides is 1. The predicted octanol–water partition coefficient (Wildman–Crippen LogP) is 3.70. The number of anilines is 2. The topological polar surface area (TPSA) is 114 Å². The summed E-state index contributed by atoms with van der Waals surface area (Å²) in [6.07, 6.45) is 2.75. The number of hydrazone groups is 1. The first-order valence-electron chi connectivity index (χ1n) is 9.30. The quantitative estimate of drug-likeness (QED) is 0.593. The van der Waals surface area contributed by atoms with Gasteiger partial charge in [0, 0.05) is 18.8 Å². The minimum atomic E-state index is -0.505. The number of carbonyl (C=O) groups excluding carboxylic acids is 1. The summed E-state index contributed by atoms with van der Waals surface area (Å²) in [6, 6.07) is 10.8. The van der Waals surface area contributed by atoms with Gasteiger partial charge in [-0.15, -0.1) is 0 Å². The van der Waals surface area contributed by atoms with Gasteiger partial charge in [0.05, 0.1) is 11.7 Å². The third-order valence-corrected chi connectivity index (χ3v) is 4.19. The smallest absolute Gasteiger partial charge is 0.410 e. The van der Waals surface area contributed by atoms with Crippen LogP contribution in [0.25, 0.3) is 0 Å². The number of rotatable bonds is 5. The lowest BCUT2D eigenvalue weighted by atomic mass is 10.0. The van der Waals surface area contributed by atoms with E-state index in [0.717, 1.165) is 24.9 Å². The fourth-order valence-electron chi connectivity index (χ4n) is 2.87. The Morgan fingerprint density at radius 2 is 1.86 bits per heavy atom. The van der Waals surface area contributed by atoms with Crippen LogP contribution in [0.3, 0.4) is 0 Å². The van der Waals surface area contributed by atoms with E-state index in [-0.39, 0.29) is 17.8 Å². The van der Waals surface area contributed by atoms with Crippen molar-refractivity contribution in [1.82, 2.24) is 4.90 Å². The van der Waals surface area contributed by atoms with Gasteiger partial charge in [0.15, 0.2) is 0 Å². The van der Waals surface area contributed by atoms with E-state index < -0.39 is 5.60 Å². The van der Waals surface area contributed by atoms with Crippen molar-refractivity contribution in [3.05, 3.63) is 24.3 Å². The van der Waals surface area contributed by atoms with Crippen molar-refractivity contribution in [2.24, 2.45) is 5.10 Å². The molecule has 2 rings (SSSR count). The summed E-state index contributed by atoms with van der Waals surface area (Å²) in [5.41, 5.74) is 3.50. The van der Waals surface area contributed by atoms with Crippen LogP contribution in [0.1, 0.15) is 40.0 Å². The summed E-state index contributed by atoms with van der Waals surface area (Å²) < 4.78 is 5.53. The summed E-state index contributed by atoms with van der Waals surface area (Å²) in [7, 11) is 0. The first-order chi connectivity index (χ1) is 13.3. The zero-order valence-electron chi connectivity index (χ0n) is 16.5. The van der Waals surface area contributed by atoms with Crippen LogP contribution in [0.2, 0.25) is 0 Å². The Kier molecular flexibility index (Phi) is 7.22. The molecule has 1 amide bonds. The van der Waals surface area contributed by atoms with Gasteiger partial charge >= 0.3 is 6.09 Å².